The van der Waals surface area contributed by atoms with E-state index in [0.29, 0.717) is 26.4 Å². The van der Waals surface area contributed by atoms with Gasteiger partial charge in [0.1, 0.15) is 12.4 Å². The van der Waals surface area contributed by atoms with Crippen molar-refractivity contribution in [3.63, 3.8) is 0 Å². The van der Waals surface area contributed by atoms with Gasteiger partial charge in [-0.15, -0.1) is 0 Å². The Balaban J connectivity index is 1.80. The van der Waals surface area contributed by atoms with Gasteiger partial charge < -0.3 is 18.8 Å². The van der Waals surface area contributed by atoms with E-state index in [1.807, 2.05) is 54.6 Å². The van der Waals surface area contributed by atoms with Crippen LogP contribution < -0.4 is 4.74 Å². The van der Waals surface area contributed by atoms with Crippen molar-refractivity contribution in [3.05, 3.63) is 54.6 Å². The molecule has 0 bridgehead atoms. The normalized spacial score (nSPS) is 12.1. The van der Waals surface area contributed by atoms with E-state index in [9.17, 15) is 4.55 Å². The Morgan fingerprint density at radius 3 is 2.14 bits per heavy atom. The van der Waals surface area contributed by atoms with Gasteiger partial charge in [0.2, 0.25) is 0 Å². The molecule has 1 atom stereocenters. The van der Waals surface area contributed by atoms with Crippen LogP contribution in [0.1, 0.15) is 0 Å². The van der Waals surface area contributed by atoms with Gasteiger partial charge in [-0.1, -0.05) is 18.2 Å². The molecule has 0 amide bonds. The molecule has 2 rings (SSSR count). The van der Waals surface area contributed by atoms with Gasteiger partial charge in [-0.05, 0) is 36.4 Å². The molecule has 4 nitrogen and oxygen atoms in total. The van der Waals surface area contributed by atoms with Crippen LogP contribution in [0.4, 0.5) is 0 Å². The van der Waals surface area contributed by atoms with E-state index in [1.54, 1.807) is 7.11 Å². The van der Waals surface area contributed by atoms with Crippen LogP contribution in [0.25, 0.3) is 0 Å². The number of hydrogen-bond acceptors (Lipinski definition) is 4. The summed E-state index contributed by atoms with van der Waals surface area (Å²) in [4.78, 5) is 1.55. The third kappa shape index (κ3) is 5.35. The van der Waals surface area contributed by atoms with E-state index in [2.05, 4.69) is 0 Å². The molecular weight excluding hydrogens is 300 g/mol. The molecule has 2 aromatic rings. The summed E-state index contributed by atoms with van der Waals surface area (Å²) in [5, 5.41) is 0. The summed E-state index contributed by atoms with van der Waals surface area (Å²) >= 11 is -1.16. The van der Waals surface area contributed by atoms with Gasteiger partial charge in [-0.2, -0.15) is 0 Å². The van der Waals surface area contributed by atoms with Crippen LogP contribution in [0, 0.1) is 0 Å². The van der Waals surface area contributed by atoms with Gasteiger partial charge in [-0.3, -0.25) is 0 Å². The molecule has 0 N–H and O–H groups in total. The van der Waals surface area contributed by atoms with E-state index >= 15 is 0 Å². The summed E-state index contributed by atoms with van der Waals surface area (Å²) < 4.78 is 28.1. The second-order valence-corrected chi connectivity index (χ2v) is 5.99. The fourth-order valence-electron chi connectivity index (χ4n) is 1.80. The van der Waals surface area contributed by atoms with Gasteiger partial charge in [-0.25, -0.2) is 0 Å². The van der Waals surface area contributed by atoms with Crippen molar-refractivity contribution >= 4 is 11.2 Å². The lowest BCUT2D eigenvalue weighted by molar-refractivity contribution is 0.0544. The number of ether oxygens (including phenoxy) is 3. The second kappa shape index (κ2) is 9.48. The lowest BCUT2D eigenvalue weighted by Gasteiger charge is -2.11. The summed E-state index contributed by atoms with van der Waals surface area (Å²) in [6.45, 7) is 2.14. The Morgan fingerprint density at radius 1 is 0.818 bits per heavy atom. The van der Waals surface area contributed by atoms with Crippen molar-refractivity contribution in [2.45, 2.75) is 9.79 Å². The topological polar surface area (TPSA) is 50.8 Å². The second-order valence-electron chi connectivity index (χ2n) is 4.51. The molecule has 0 spiro atoms. The molecule has 0 aliphatic heterocycles. The van der Waals surface area contributed by atoms with Gasteiger partial charge in [0.05, 0.1) is 19.8 Å². The minimum Gasteiger partial charge on any atom is -0.606 e. The largest absolute Gasteiger partial charge is 0.606 e. The highest BCUT2D eigenvalue weighted by Crippen LogP contribution is 2.22. The molecule has 1 unspecified atom stereocenters. The molecule has 0 aromatic heterocycles. The quantitative estimate of drug-likeness (QED) is 0.526. The smallest absolute Gasteiger partial charge is 0.158 e. The molecule has 0 radical (unpaired) electrons. The first-order valence-corrected chi connectivity index (χ1v) is 8.22. The number of rotatable bonds is 9. The molecule has 0 saturated carbocycles. The van der Waals surface area contributed by atoms with Crippen molar-refractivity contribution < 1.29 is 18.8 Å². The van der Waals surface area contributed by atoms with Crippen LogP contribution in [0.3, 0.4) is 0 Å². The van der Waals surface area contributed by atoms with E-state index in [-0.39, 0.29) is 0 Å². The fourth-order valence-corrected chi connectivity index (χ4v) is 2.86. The molecular formula is C17H20O4S. The van der Waals surface area contributed by atoms with Crippen molar-refractivity contribution in [1.29, 1.82) is 0 Å². The summed E-state index contributed by atoms with van der Waals surface area (Å²) in [5.41, 5.74) is 0. The van der Waals surface area contributed by atoms with E-state index in [1.165, 1.54) is 0 Å². The molecule has 22 heavy (non-hydrogen) atoms. The van der Waals surface area contributed by atoms with Gasteiger partial charge in [0.15, 0.2) is 9.79 Å². The highest BCUT2D eigenvalue weighted by molar-refractivity contribution is 7.91. The minimum absolute atomic E-state index is 0.477. The number of benzene rings is 2. The molecule has 0 fully saturated rings. The average molecular weight is 320 g/mol. The predicted octanol–water partition coefficient (Wildman–Crippen LogP) is 2.90. The van der Waals surface area contributed by atoms with Crippen LogP contribution >= 0.6 is 0 Å². The molecule has 118 valence electrons. The highest BCUT2D eigenvalue weighted by Gasteiger charge is 2.13. The monoisotopic (exact) mass is 320 g/mol. The SMILES string of the molecule is COCCOCCOc1ccc([S+]([O-])c2ccccc2)cc1. The zero-order valence-corrected chi connectivity index (χ0v) is 13.4. The van der Waals surface area contributed by atoms with E-state index < -0.39 is 11.2 Å². The number of hydrogen-bond donors (Lipinski definition) is 0. The standard InChI is InChI=1S/C17H20O4S/c1-19-11-12-20-13-14-21-15-7-9-17(10-8-15)22(18)16-5-3-2-4-6-16/h2-10H,11-14H2,1H3. The Morgan fingerprint density at radius 2 is 1.45 bits per heavy atom. The first-order valence-electron chi connectivity index (χ1n) is 7.07. The lowest BCUT2D eigenvalue weighted by atomic mass is 10.3. The third-order valence-electron chi connectivity index (χ3n) is 2.92. The van der Waals surface area contributed by atoms with Gasteiger partial charge >= 0.3 is 0 Å². The van der Waals surface area contributed by atoms with Crippen molar-refractivity contribution in [2.75, 3.05) is 33.5 Å². The highest BCUT2D eigenvalue weighted by atomic mass is 32.2. The zero-order valence-electron chi connectivity index (χ0n) is 12.6. The maximum Gasteiger partial charge on any atom is 0.158 e. The Labute approximate surface area is 134 Å². The maximum atomic E-state index is 12.4. The van der Waals surface area contributed by atoms with Crippen LogP contribution in [0.15, 0.2) is 64.4 Å². The minimum atomic E-state index is -1.16. The summed E-state index contributed by atoms with van der Waals surface area (Å²) in [6.07, 6.45) is 0. The Hall–Kier alpha value is -1.53. The van der Waals surface area contributed by atoms with Crippen LogP contribution in [-0.2, 0) is 20.6 Å². The van der Waals surface area contributed by atoms with Gasteiger partial charge in [0, 0.05) is 18.3 Å². The van der Waals surface area contributed by atoms with Crippen molar-refractivity contribution in [2.24, 2.45) is 0 Å². The van der Waals surface area contributed by atoms with Crippen molar-refractivity contribution in [3.8, 4) is 5.75 Å². The Bertz CT molecular complexity index is 530. The Kier molecular flexibility index (Phi) is 7.25. The van der Waals surface area contributed by atoms with Crippen LogP contribution in [-0.4, -0.2) is 38.1 Å². The third-order valence-corrected chi connectivity index (χ3v) is 4.32. The van der Waals surface area contributed by atoms with Crippen LogP contribution in [0.5, 0.6) is 5.75 Å². The zero-order chi connectivity index (χ0) is 15.6. The van der Waals surface area contributed by atoms with E-state index in [0.717, 1.165) is 15.5 Å². The number of methoxy groups -OCH3 is 1. The first kappa shape index (κ1) is 16.8. The predicted molar refractivity (Wildman–Crippen MR) is 85.7 cm³/mol. The van der Waals surface area contributed by atoms with Crippen LogP contribution in [0.2, 0.25) is 0 Å². The van der Waals surface area contributed by atoms with Gasteiger partial charge in [0.25, 0.3) is 0 Å². The molecule has 0 saturated heterocycles. The lowest BCUT2D eigenvalue weighted by Crippen LogP contribution is -2.10. The summed E-state index contributed by atoms with van der Waals surface area (Å²) in [6, 6.07) is 16.7. The average Bonchev–Trinajstić information content (AvgIpc) is 2.59. The molecule has 0 aliphatic rings. The summed E-state index contributed by atoms with van der Waals surface area (Å²) in [7, 11) is 1.64. The maximum absolute atomic E-state index is 12.4. The molecule has 0 heterocycles. The first-order chi connectivity index (χ1) is 10.8. The van der Waals surface area contributed by atoms with E-state index in [4.69, 9.17) is 14.2 Å². The molecule has 2 aromatic carbocycles. The summed E-state index contributed by atoms with van der Waals surface area (Å²) in [5.74, 6) is 0.740. The molecule has 0 aliphatic carbocycles. The molecule has 5 heteroatoms. The van der Waals surface area contributed by atoms with Crippen molar-refractivity contribution in [1.82, 2.24) is 0 Å². The fraction of sp³-hybridized carbons (Fsp3) is 0.294.